The van der Waals surface area contributed by atoms with E-state index in [1.807, 2.05) is 18.2 Å². The number of anilines is 1. The third-order valence-corrected chi connectivity index (χ3v) is 6.54. The monoisotopic (exact) mass is 586 g/mol. The van der Waals surface area contributed by atoms with Gasteiger partial charge in [0.15, 0.2) is 11.5 Å². The van der Waals surface area contributed by atoms with Gasteiger partial charge in [-0.25, -0.2) is 18.3 Å². The number of hydrogen-bond donors (Lipinski definition) is 1. The Hall–Kier alpha value is -3.83. The minimum atomic E-state index is -2.86. The van der Waals surface area contributed by atoms with E-state index in [4.69, 9.17) is 16.3 Å². The molecule has 0 saturated carbocycles. The molecule has 0 fully saturated rings. The number of amides is 1. The van der Waals surface area contributed by atoms with Gasteiger partial charge in [-0.3, -0.25) is 9.48 Å². The van der Waals surface area contributed by atoms with Gasteiger partial charge in [-0.15, -0.1) is 0 Å². The van der Waals surface area contributed by atoms with E-state index in [1.54, 1.807) is 41.2 Å². The van der Waals surface area contributed by atoms with Gasteiger partial charge in [0.2, 0.25) is 0 Å². The molecule has 1 amide bonds. The van der Waals surface area contributed by atoms with Crippen molar-refractivity contribution in [3.05, 3.63) is 93.3 Å². The Kier molecular flexibility index (Phi) is 6.90. The summed E-state index contributed by atoms with van der Waals surface area (Å²) >= 11 is 9.64. The van der Waals surface area contributed by atoms with Crippen LogP contribution in [0.1, 0.15) is 28.0 Å². The van der Waals surface area contributed by atoms with Gasteiger partial charge >= 0.3 is 0 Å². The summed E-state index contributed by atoms with van der Waals surface area (Å²) in [6, 6.07) is 15.5. The van der Waals surface area contributed by atoms with Crippen molar-refractivity contribution in [3.63, 3.8) is 0 Å². The van der Waals surface area contributed by atoms with Crippen molar-refractivity contribution in [2.75, 3.05) is 12.4 Å². The van der Waals surface area contributed by atoms with E-state index in [-0.39, 0.29) is 22.7 Å². The van der Waals surface area contributed by atoms with E-state index >= 15 is 0 Å². The number of carbonyl (C=O) groups excluding carboxylic acids is 1. The van der Waals surface area contributed by atoms with Crippen LogP contribution in [-0.2, 0) is 6.54 Å². The van der Waals surface area contributed by atoms with Crippen molar-refractivity contribution in [1.29, 1.82) is 0 Å². The van der Waals surface area contributed by atoms with Crippen LogP contribution in [0.15, 0.2) is 71.5 Å². The SMILES string of the molecule is COc1ccccc1-c1cc(C(F)F)n2ncc(C(=O)Nc3nn(Cc4ccccc4Cl)cc3Br)c2n1. The highest BCUT2D eigenvalue weighted by Crippen LogP contribution is 2.32. The quantitative estimate of drug-likeness (QED) is 0.243. The average Bonchev–Trinajstić information content (AvgIpc) is 3.47. The summed E-state index contributed by atoms with van der Waals surface area (Å²) in [6.07, 6.45) is 0.0380. The lowest BCUT2D eigenvalue weighted by atomic mass is 10.1. The molecule has 37 heavy (non-hydrogen) atoms. The minimum Gasteiger partial charge on any atom is -0.496 e. The second-order valence-corrected chi connectivity index (χ2v) is 9.19. The molecule has 0 atom stereocenters. The normalized spacial score (nSPS) is 11.3. The molecule has 0 spiro atoms. The molecule has 2 aromatic carbocycles. The molecule has 0 aliphatic heterocycles. The summed E-state index contributed by atoms with van der Waals surface area (Å²) in [6.45, 7) is 0.381. The van der Waals surface area contributed by atoms with Crippen LogP contribution >= 0.6 is 27.5 Å². The molecule has 0 saturated heterocycles. The molecule has 5 aromatic rings. The van der Waals surface area contributed by atoms with Crippen molar-refractivity contribution < 1.29 is 18.3 Å². The molecule has 1 N–H and O–H groups in total. The number of methoxy groups -OCH3 is 1. The lowest BCUT2D eigenvalue weighted by Gasteiger charge is -2.11. The van der Waals surface area contributed by atoms with Gasteiger partial charge in [-0.2, -0.15) is 10.2 Å². The molecule has 0 unspecified atom stereocenters. The number of halogens is 4. The lowest BCUT2D eigenvalue weighted by molar-refractivity contribution is 0.102. The third kappa shape index (κ3) is 4.92. The zero-order valence-corrected chi connectivity index (χ0v) is 21.5. The number of rotatable bonds is 7. The summed E-state index contributed by atoms with van der Waals surface area (Å²) in [7, 11) is 1.48. The maximum atomic E-state index is 13.9. The number of benzene rings is 2. The third-order valence-electron chi connectivity index (χ3n) is 5.59. The summed E-state index contributed by atoms with van der Waals surface area (Å²) < 4.78 is 36.4. The van der Waals surface area contributed by atoms with E-state index in [0.717, 1.165) is 10.1 Å². The molecular weight excluding hydrogens is 570 g/mol. The Morgan fingerprint density at radius 2 is 1.95 bits per heavy atom. The van der Waals surface area contributed by atoms with Gasteiger partial charge in [0.1, 0.15) is 17.0 Å². The van der Waals surface area contributed by atoms with Crippen molar-refractivity contribution >= 4 is 44.9 Å². The van der Waals surface area contributed by atoms with Crippen LogP contribution in [0.4, 0.5) is 14.6 Å². The smallest absolute Gasteiger partial charge is 0.280 e. The predicted octanol–water partition coefficient (Wildman–Crippen LogP) is 6.26. The zero-order valence-electron chi connectivity index (χ0n) is 19.2. The second kappa shape index (κ2) is 10.3. The number of para-hydroxylation sites is 1. The average molecular weight is 588 g/mol. The highest BCUT2D eigenvalue weighted by atomic mass is 79.9. The van der Waals surface area contributed by atoms with Gasteiger partial charge in [0, 0.05) is 16.8 Å². The summed E-state index contributed by atoms with van der Waals surface area (Å²) in [5.74, 6) is 0.0908. The fourth-order valence-electron chi connectivity index (χ4n) is 3.83. The van der Waals surface area contributed by atoms with Crippen LogP contribution in [0.2, 0.25) is 5.02 Å². The van der Waals surface area contributed by atoms with E-state index in [9.17, 15) is 13.6 Å². The van der Waals surface area contributed by atoms with Gasteiger partial charge in [0.05, 0.1) is 30.0 Å². The predicted molar refractivity (Wildman–Crippen MR) is 138 cm³/mol. The van der Waals surface area contributed by atoms with Crippen molar-refractivity contribution in [2.45, 2.75) is 13.0 Å². The van der Waals surface area contributed by atoms with Crippen molar-refractivity contribution in [3.8, 4) is 17.0 Å². The maximum absolute atomic E-state index is 13.9. The minimum absolute atomic E-state index is 0.00574. The number of ether oxygens (including phenoxy) is 1. The fraction of sp³-hybridized carbons (Fsp3) is 0.120. The molecule has 3 heterocycles. The maximum Gasteiger partial charge on any atom is 0.280 e. The molecule has 0 radical (unpaired) electrons. The first-order chi connectivity index (χ1) is 17.9. The molecule has 188 valence electrons. The number of nitrogens with one attached hydrogen (secondary N) is 1. The Bertz CT molecular complexity index is 1620. The Morgan fingerprint density at radius 3 is 2.70 bits per heavy atom. The molecule has 0 aliphatic carbocycles. The molecule has 8 nitrogen and oxygen atoms in total. The van der Waals surface area contributed by atoms with Crippen LogP contribution in [0, 0.1) is 0 Å². The number of alkyl halides is 2. The summed E-state index contributed by atoms with van der Waals surface area (Å²) in [5.41, 5.74) is 1.15. The standard InChI is InChI=1S/C25H18BrClF2N6O2/c1-37-21-9-5-3-7-15(21)19-10-20(22(28)29)35-24(31-19)16(11-30-35)25(36)32-23-17(26)13-34(33-23)12-14-6-2-4-8-18(14)27/h2-11,13,22H,12H2,1H3,(H,32,33,36). The highest BCUT2D eigenvalue weighted by molar-refractivity contribution is 9.10. The molecule has 3 aromatic heterocycles. The fourth-order valence-corrected chi connectivity index (χ4v) is 4.44. The van der Waals surface area contributed by atoms with Crippen LogP contribution in [-0.4, -0.2) is 37.4 Å². The molecular formula is C25H18BrClF2N6O2. The van der Waals surface area contributed by atoms with Crippen LogP contribution < -0.4 is 10.1 Å². The van der Waals surface area contributed by atoms with Crippen molar-refractivity contribution in [1.82, 2.24) is 24.4 Å². The highest BCUT2D eigenvalue weighted by Gasteiger charge is 2.23. The molecule has 5 rings (SSSR count). The first-order valence-corrected chi connectivity index (χ1v) is 12.1. The first kappa shape index (κ1) is 24.8. The number of carbonyl (C=O) groups is 1. The van der Waals surface area contributed by atoms with E-state index in [1.165, 1.54) is 19.4 Å². The van der Waals surface area contributed by atoms with E-state index < -0.39 is 18.0 Å². The molecule has 0 aliphatic rings. The van der Waals surface area contributed by atoms with Gasteiger partial charge in [-0.05, 0) is 45.8 Å². The lowest BCUT2D eigenvalue weighted by Crippen LogP contribution is -2.14. The molecule has 12 heteroatoms. The topological polar surface area (TPSA) is 86.3 Å². The van der Waals surface area contributed by atoms with Gasteiger partial charge in [0.25, 0.3) is 12.3 Å². The molecule has 0 bridgehead atoms. The number of hydrogen-bond acceptors (Lipinski definition) is 5. The van der Waals surface area contributed by atoms with Crippen molar-refractivity contribution in [2.24, 2.45) is 0 Å². The Labute approximate surface area is 223 Å². The largest absolute Gasteiger partial charge is 0.496 e. The summed E-state index contributed by atoms with van der Waals surface area (Å²) in [5, 5.41) is 11.7. The van der Waals surface area contributed by atoms with Gasteiger partial charge in [-0.1, -0.05) is 41.9 Å². The first-order valence-electron chi connectivity index (χ1n) is 10.9. The Morgan fingerprint density at radius 1 is 1.19 bits per heavy atom. The number of nitrogens with zero attached hydrogens (tertiary/aromatic N) is 5. The Balaban J connectivity index is 1.50. The number of aromatic nitrogens is 5. The summed E-state index contributed by atoms with van der Waals surface area (Å²) in [4.78, 5) is 17.7. The van der Waals surface area contributed by atoms with Crippen LogP contribution in [0.5, 0.6) is 5.75 Å². The van der Waals surface area contributed by atoms with Crippen LogP contribution in [0.25, 0.3) is 16.9 Å². The zero-order chi connectivity index (χ0) is 26.1. The van der Waals surface area contributed by atoms with E-state index in [0.29, 0.717) is 27.4 Å². The number of fused-ring (bicyclic) bond motifs is 1. The second-order valence-electron chi connectivity index (χ2n) is 7.93. The van der Waals surface area contributed by atoms with E-state index in [2.05, 4.69) is 36.4 Å². The van der Waals surface area contributed by atoms with Gasteiger partial charge < -0.3 is 10.1 Å². The van der Waals surface area contributed by atoms with Crippen LogP contribution in [0.3, 0.4) is 0 Å².